The van der Waals surface area contributed by atoms with E-state index in [0.717, 1.165) is 5.76 Å². The van der Waals surface area contributed by atoms with Gasteiger partial charge in [-0.1, -0.05) is 5.16 Å². The third kappa shape index (κ3) is 2.91. The zero-order valence-electron chi connectivity index (χ0n) is 13.7. The summed E-state index contributed by atoms with van der Waals surface area (Å²) in [5.74, 6) is 1.84. The molecular weight excluding hydrogens is 322 g/mol. The largest absolute Gasteiger partial charge is 0.465 e. The van der Waals surface area contributed by atoms with E-state index in [1.54, 1.807) is 25.1 Å². The molecule has 0 radical (unpaired) electrons. The van der Waals surface area contributed by atoms with Crippen molar-refractivity contribution in [1.82, 2.24) is 15.5 Å². The number of hydrogen-bond acceptors (Lipinski definition) is 6. The van der Waals surface area contributed by atoms with Gasteiger partial charge in [-0.3, -0.25) is 4.79 Å². The predicted octanol–water partition coefficient (Wildman–Crippen LogP) is 3.62. The SMILES string of the molecule is Cc1ccc(CNC(=O)c2ccc3onc(-c4coc(C)n4)c3c2)o1. The van der Waals surface area contributed by atoms with Gasteiger partial charge in [-0.25, -0.2) is 4.98 Å². The summed E-state index contributed by atoms with van der Waals surface area (Å²) in [6.45, 7) is 3.93. The Hall–Kier alpha value is -3.35. The van der Waals surface area contributed by atoms with Crippen LogP contribution >= 0.6 is 0 Å². The first-order valence-corrected chi connectivity index (χ1v) is 7.75. The molecule has 0 aliphatic heterocycles. The Morgan fingerprint density at radius 1 is 1.20 bits per heavy atom. The molecule has 1 amide bonds. The van der Waals surface area contributed by atoms with Crippen LogP contribution in [0.25, 0.3) is 22.4 Å². The Kier molecular flexibility index (Phi) is 3.61. The third-order valence-corrected chi connectivity index (χ3v) is 3.81. The molecule has 0 bridgehead atoms. The molecule has 0 spiro atoms. The minimum Gasteiger partial charge on any atom is -0.465 e. The van der Waals surface area contributed by atoms with Gasteiger partial charge in [0.25, 0.3) is 5.91 Å². The summed E-state index contributed by atoms with van der Waals surface area (Å²) >= 11 is 0. The first kappa shape index (κ1) is 15.2. The fraction of sp³-hybridized carbons (Fsp3) is 0.167. The molecule has 4 aromatic rings. The molecule has 0 atom stereocenters. The number of nitrogens with one attached hydrogen (secondary N) is 1. The number of nitrogens with zero attached hydrogens (tertiary/aromatic N) is 2. The van der Waals surface area contributed by atoms with Gasteiger partial charge in [0.1, 0.15) is 29.2 Å². The second-order valence-electron chi connectivity index (χ2n) is 5.69. The summed E-state index contributed by atoms with van der Waals surface area (Å²) in [5.41, 5.74) is 2.19. The molecule has 0 aliphatic carbocycles. The third-order valence-electron chi connectivity index (χ3n) is 3.81. The minimum atomic E-state index is -0.209. The van der Waals surface area contributed by atoms with Crippen LogP contribution in [0, 0.1) is 13.8 Å². The normalized spacial score (nSPS) is 11.1. The van der Waals surface area contributed by atoms with Crippen molar-refractivity contribution in [1.29, 1.82) is 0 Å². The number of hydrogen-bond donors (Lipinski definition) is 1. The van der Waals surface area contributed by atoms with Crippen LogP contribution in [-0.2, 0) is 6.54 Å². The van der Waals surface area contributed by atoms with Crippen molar-refractivity contribution in [2.24, 2.45) is 0 Å². The number of oxazole rings is 1. The maximum atomic E-state index is 12.4. The maximum Gasteiger partial charge on any atom is 0.251 e. The topological polar surface area (TPSA) is 94.3 Å². The number of carbonyl (C=O) groups is 1. The molecule has 1 aromatic carbocycles. The lowest BCUT2D eigenvalue weighted by atomic mass is 10.1. The summed E-state index contributed by atoms with van der Waals surface area (Å²) in [4.78, 5) is 16.7. The van der Waals surface area contributed by atoms with E-state index in [-0.39, 0.29) is 5.91 Å². The summed E-state index contributed by atoms with van der Waals surface area (Å²) in [6.07, 6.45) is 1.51. The van der Waals surface area contributed by atoms with E-state index in [2.05, 4.69) is 15.5 Å². The monoisotopic (exact) mass is 337 g/mol. The number of amides is 1. The molecule has 0 fully saturated rings. The van der Waals surface area contributed by atoms with Crippen molar-refractivity contribution in [2.45, 2.75) is 20.4 Å². The van der Waals surface area contributed by atoms with E-state index in [9.17, 15) is 4.79 Å². The number of benzene rings is 1. The Labute approximate surface area is 142 Å². The van der Waals surface area contributed by atoms with Crippen molar-refractivity contribution < 1.29 is 18.2 Å². The van der Waals surface area contributed by atoms with Crippen molar-refractivity contribution >= 4 is 16.9 Å². The predicted molar refractivity (Wildman–Crippen MR) is 88.9 cm³/mol. The molecule has 126 valence electrons. The lowest BCUT2D eigenvalue weighted by Crippen LogP contribution is -2.22. The molecular formula is C18H15N3O4. The van der Waals surface area contributed by atoms with Gasteiger partial charge in [0.15, 0.2) is 11.5 Å². The number of aromatic nitrogens is 2. The first-order valence-electron chi connectivity index (χ1n) is 7.75. The van der Waals surface area contributed by atoms with Crippen LogP contribution in [0.3, 0.4) is 0 Å². The fourth-order valence-electron chi connectivity index (χ4n) is 2.59. The first-order chi connectivity index (χ1) is 12.1. The summed E-state index contributed by atoms with van der Waals surface area (Å²) in [5, 5.41) is 7.57. The number of carbonyl (C=O) groups excluding carboxylic acids is 1. The standard InChI is InChI=1S/C18H15N3O4/c1-10-3-5-13(24-10)8-19-18(22)12-4-6-16-14(7-12)17(21-25-16)15-9-23-11(2)20-15/h3-7,9H,8H2,1-2H3,(H,19,22). The summed E-state index contributed by atoms with van der Waals surface area (Å²) in [7, 11) is 0. The lowest BCUT2D eigenvalue weighted by Gasteiger charge is -2.03. The highest BCUT2D eigenvalue weighted by Crippen LogP contribution is 2.28. The summed E-state index contributed by atoms with van der Waals surface area (Å²) in [6, 6.07) is 8.83. The van der Waals surface area contributed by atoms with Crippen LogP contribution < -0.4 is 5.32 Å². The van der Waals surface area contributed by atoms with E-state index >= 15 is 0 Å². The van der Waals surface area contributed by atoms with Crippen LogP contribution in [0.1, 0.15) is 27.8 Å². The molecule has 3 aromatic heterocycles. The van der Waals surface area contributed by atoms with Gasteiger partial charge in [-0.2, -0.15) is 0 Å². The fourth-order valence-corrected chi connectivity index (χ4v) is 2.59. The number of fused-ring (bicyclic) bond motifs is 1. The van der Waals surface area contributed by atoms with Gasteiger partial charge >= 0.3 is 0 Å². The van der Waals surface area contributed by atoms with Crippen molar-refractivity contribution in [3.63, 3.8) is 0 Å². The Balaban J connectivity index is 1.60. The van der Waals surface area contributed by atoms with E-state index < -0.39 is 0 Å². The van der Waals surface area contributed by atoms with Crippen LogP contribution in [0.5, 0.6) is 0 Å². The zero-order chi connectivity index (χ0) is 17.4. The van der Waals surface area contributed by atoms with Crippen LogP contribution in [0.2, 0.25) is 0 Å². The van der Waals surface area contributed by atoms with Crippen LogP contribution in [0.15, 0.2) is 50.0 Å². The molecule has 7 nitrogen and oxygen atoms in total. The van der Waals surface area contributed by atoms with E-state index in [1.165, 1.54) is 6.26 Å². The Morgan fingerprint density at radius 2 is 2.08 bits per heavy atom. The quantitative estimate of drug-likeness (QED) is 0.611. The summed E-state index contributed by atoms with van der Waals surface area (Å²) < 4.78 is 16.0. The zero-order valence-corrected chi connectivity index (χ0v) is 13.7. The highest BCUT2D eigenvalue weighted by atomic mass is 16.5. The minimum absolute atomic E-state index is 0.209. The number of furan rings is 1. The number of aryl methyl sites for hydroxylation is 2. The second-order valence-corrected chi connectivity index (χ2v) is 5.69. The molecule has 0 saturated heterocycles. The maximum absolute atomic E-state index is 12.4. The average molecular weight is 337 g/mol. The highest BCUT2D eigenvalue weighted by molar-refractivity contribution is 6.00. The van der Waals surface area contributed by atoms with Gasteiger partial charge in [0, 0.05) is 12.5 Å². The molecule has 0 aliphatic rings. The highest BCUT2D eigenvalue weighted by Gasteiger charge is 2.16. The van der Waals surface area contributed by atoms with Gasteiger partial charge < -0.3 is 18.7 Å². The van der Waals surface area contributed by atoms with E-state index in [0.29, 0.717) is 46.1 Å². The van der Waals surface area contributed by atoms with E-state index in [4.69, 9.17) is 13.4 Å². The molecule has 25 heavy (non-hydrogen) atoms. The molecule has 4 rings (SSSR count). The Morgan fingerprint density at radius 3 is 2.80 bits per heavy atom. The van der Waals surface area contributed by atoms with Crippen LogP contribution in [-0.4, -0.2) is 16.0 Å². The Bertz CT molecular complexity index is 1060. The van der Waals surface area contributed by atoms with Crippen LogP contribution in [0.4, 0.5) is 0 Å². The molecule has 0 saturated carbocycles. The van der Waals surface area contributed by atoms with Crippen molar-refractivity contribution in [3.05, 3.63) is 59.6 Å². The van der Waals surface area contributed by atoms with E-state index in [1.807, 2.05) is 19.1 Å². The molecule has 1 N–H and O–H groups in total. The second kappa shape index (κ2) is 5.94. The van der Waals surface area contributed by atoms with Gasteiger partial charge in [0.05, 0.1) is 11.9 Å². The smallest absolute Gasteiger partial charge is 0.251 e. The van der Waals surface area contributed by atoms with Crippen molar-refractivity contribution in [3.8, 4) is 11.4 Å². The van der Waals surface area contributed by atoms with Gasteiger partial charge in [-0.05, 0) is 37.3 Å². The lowest BCUT2D eigenvalue weighted by molar-refractivity contribution is 0.0948. The average Bonchev–Trinajstić information content (AvgIpc) is 3.31. The molecule has 7 heteroatoms. The molecule has 3 heterocycles. The molecule has 0 unspecified atom stereocenters. The van der Waals surface area contributed by atoms with Crippen molar-refractivity contribution in [2.75, 3.05) is 0 Å². The number of rotatable bonds is 4. The van der Waals surface area contributed by atoms with Gasteiger partial charge in [0.2, 0.25) is 0 Å². The van der Waals surface area contributed by atoms with Gasteiger partial charge in [-0.15, -0.1) is 0 Å².